The van der Waals surface area contributed by atoms with Crippen molar-refractivity contribution in [2.45, 2.75) is 60.4 Å². The Balaban J connectivity index is 4.66. The van der Waals surface area contributed by atoms with Gasteiger partial charge in [0.15, 0.2) is 0 Å². The van der Waals surface area contributed by atoms with Crippen LogP contribution in [-0.2, 0) is 19.2 Å². The molecule has 0 saturated carbocycles. The van der Waals surface area contributed by atoms with Gasteiger partial charge in [0, 0.05) is 38.3 Å². The first-order valence-electron chi connectivity index (χ1n) is 7.03. The lowest BCUT2D eigenvalue weighted by atomic mass is 9.95. The largest absolute Gasteiger partial charge is 0.285 e. The molecule has 0 aliphatic heterocycles. The van der Waals surface area contributed by atoms with Crippen molar-refractivity contribution >= 4 is 23.6 Å². The molecule has 0 aromatic carbocycles. The third kappa shape index (κ3) is 5.65. The molecule has 0 radical (unpaired) electrons. The van der Waals surface area contributed by atoms with E-state index in [0.29, 0.717) is 0 Å². The first-order chi connectivity index (χ1) is 9.39. The van der Waals surface area contributed by atoms with Crippen molar-refractivity contribution in [3.8, 4) is 0 Å². The number of carbonyl (C=O) groups excluding carboxylic acids is 4. The summed E-state index contributed by atoms with van der Waals surface area (Å²) in [5.74, 6) is -1.47. The second-order valence-corrected chi connectivity index (χ2v) is 6.38. The van der Waals surface area contributed by atoms with Crippen LogP contribution >= 0.6 is 0 Å². The van der Waals surface area contributed by atoms with Gasteiger partial charge in [-0.3, -0.25) is 29.0 Å². The fourth-order valence-corrected chi connectivity index (χ4v) is 1.95. The molecule has 0 bridgehead atoms. The van der Waals surface area contributed by atoms with Crippen LogP contribution in [0, 0.1) is 5.41 Å². The van der Waals surface area contributed by atoms with Gasteiger partial charge in [0.05, 0.1) is 0 Å². The Morgan fingerprint density at radius 3 is 1.71 bits per heavy atom. The van der Waals surface area contributed by atoms with E-state index in [1.54, 1.807) is 34.6 Å². The third-order valence-corrected chi connectivity index (χ3v) is 3.00. The molecule has 0 aliphatic carbocycles. The number of imide groups is 2. The summed E-state index contributed by atoms with van der Waals surface area (Å²) in [6, 6.07) is -0.251. The van der Waals surface area contributed by atoms with Crippen molar-refractivity contribution in [1.29, 1.82) is 0 Å². The molecular formula is C15H26N2O4. The zero-order valence-electron chi connectivity index (χ0n) is 14.0. The zero-order chi connectivity index (χ0) is 17.0. The van der Waals surface area contributed by atoms with Crippen LogP contribution in [0.25, 0.3) is 0 Å². The van der Waals surface area contributed by atoms with E-state index >= 15 is 0 Å². The van der Waals surface area contributed by atoms with E-state index in [2.05, 4.69) is 0 Å². The SMILES string of the molecule is CC(=O)N(C(=O)CCC(=O)N(C)C(=O)C(C)(C)C)C(C)C. The van der Waals surface area contributed by atoms with Gasteiger partial charge in [-0.2, -0.15) is 0 Å². The molecule has 21 heavy (non-hydrogen) atoms. The number of rotatable bonds is 4. The van der Waals surface area contributed by atoms with E-state index in [9.17, 15) is 19.2 Å². The van der Waals surface area contributed by atoms with Gasteiger partial charge in [-0.1, -0.05) is 20.8 Å². The summed E-state index contributed by atoms with van der Waals surface area (Å²) in [5.41, 5.74) is -0.655. The molecule has 0 spiro atoms. The van der Waals surface area contributed by atoms with Crippen LogP contribution in [0.5, 0.6) is 0 Å². The number of hydrogen-bond acceptors (Lipinski definition) is 4. The maximum absolute atomic E-state index is 12.0. The Morgan fingerprint density at radius 2 is 1.38 bits per heavy atom. The van der Waals surface area contributed by atoms with Gasteiger partial charge in [-0.25, -0.2) is 0 Å². The molecule has 0 N–H and O–H groups in total. The summed E-state index contributed by atoms with van der Waals surface area (Å²) >= 11 is 0. The molecule has 6 heteroatoms. The van der Waals surface area contributed by atoms with Crippen LogP contribution < -0.4 is 0 Å². The van der Waals surface area contributed by atoms with Crippen LogP contribution in [0.15, 0.2) is 0 Å². The Labute approximate surface area is 126 Å². The second kappa shape index (κ2) is 7.33. The molecule has 6 nitrogen and oxygen atoms in total. The molecule has 0 saturated heterocycles. The van der Waals surface area contributed by atoms with E-state index in [0.717, 1.165) is 9.80 Å². The molecule has 0 unspecified atom stereocenters. The maximum Gasteiger partial charge on any atom is 0.234 e. The fourth-order valence-electron chi connectivity index (χ4n) is 1.95. The van der Waals surface area contributed by atoms with Crippen molar-refractivity contribution in [1.82, 2.24) is 9.80 Å². The third-order valence-electron chi connectivity index (χ3n) is 3.00. The number of amides is 4. The summed E-state index contributed by atoms with van der Waals surface area (Å²) in [6.45, 7) is 9.95. The van der Waals surface area contributed by atoms with Gasteiger partial charge in [-0.15, -0.1) is 0 Å². The van der Waals surface area contributed by atoms with E-state index in [1.807, 2.05) is 0 Å². The highest BCUT2D eigenvalue weighted by Crippen LogP contribution is 2.17. The minimum absolute atomic E-state index is 0.0850. The standard InChI is InChI=1S/C15H26N2O4/c1-10(2)17(11(3)18)13(20)9-8-12(19)16(7)14(21)15(4,5)6/h10H,8-9H2,1-7H3. The summed E-state index contributed by atoms with van der Waals surface area (Å²) in [4.78, 5) is 49.4. The quantitative estimate of drug-likeness (QED) is 0.789. The molecule has 4 amide bonds. The topological polar surface area (TPSA) is 74.8 Å². The molecule has 0 heterocycles. The minimum atomic E-state index is -0.655. The Bertz CT molecular complexity index is 435. The highest BCUT2D eigenvalue weighted by Gasteiger charge is 2.29. The Kier molecular flexibility index (Phi) is 6.73. The van der Waals surface area contributed by atoms with Gasteiger partial charge in [-0.05, 0) is 13.8 Å². The second-order valence-electron chi connectivity index (χ2n) is 6.38. The average molecular weight is 298 g/mol. The van der Waals surface area contributed by atoms with Crippen LogP contribution in [0.3, 0.4) is 0 Å². The lowest BCUT2D eigenvalue weighted by Gasteiger charge is -2.25. The maximum atomic E-state index is 12.0. The summed E-state index contributed by atoms with van der Waals surface area (Å²) < 4.78 is 0. The summed E-state index contributed by atoms with van der Waals surface area (Å²) in [5, 5.41) is 0. The summed E-state index contributed by atoms with van der Waals surface area (Å²) in [7, 11) is 1.41. The van der Waals surface area contributed by atoms with Crippen LogP contribution in [0.4, 0.5) is 0 Å². The van der Waals surface area contributed by atoms with Crippen LogP contribution in [0.1, 0.15) is 54.4 Å². The monoisotopic (exact) mass is 298 g/mol. The minimum Gasteiger partial charge on any atom is -0.285 e. The van der Waals surface area contributed by atoms with Gasteiger partial charge in [0.25, 0.3) is 0 Å². The lowest BCUT2D eigenvalue weighted by Crippen LogP contribution is -2.43. The Hall–Kier alpha value is -1.72. The number of hydrogen-bond donors (Lipinski definition) is 0. The van der Waals surface area contributed by atoms with E-state index in [1.165, 1.54) is 14.0 Å². The molecular weight excluding hydrogens is 272 g/mol. The molecule has 0 rings (SSSR count). The van der Waals surface area contributed by atoms with Crippen molar-refractivity contribution in [2.75, 3.05) is 7.05 Å². The molecule has 0 aromatic rings. The van der Waals surface area contributed by atoms with Crippen molar-refractivity contribution in [3.63, 3.8) is 0 Å². The molecule has 0 aromatic heterocycles. The molecule has 0 atom stereocenters. The van der Waals surface area contributed by atoms with Gasteiger partial charge in [0.2, 0.25) is 23.6 Å². The van der Waals surface area contributed by atoms with Gasteiger partial charge < -0.3 is 0 Å². The van der Waals surface area contributed by atoms with E-state index in [-0.39, 0.29) is 30.7 Å². The van der Waals surface area contributed by atoms with E-state index in [4.69, 9.17) is 0 Å². The smallest absolute Gasteiger partial charge is 0.234 e. The first-order valence-corrected chi connectivity index (χ1v) is 7.03. The molecule has 0 fully saturated rings. The molecule has 120 valence electrons. The predicted molar refractivity (Wildman–Crippen MR) is 79.1 cm³/mol. The lowest BCUT2D eigenvalue weighted by molar-refractivity contribution is -0.151. The Morgan fingerprint density at radius 1 is 0.952 bits per heavy atom. The zero-order valence-corrected chi connectivity index (χ0v) is 14.0. The first kappa shape index (κ1) is 19.3. The summed E-state index contributed by atoms with van der Waals surface area (Å²) in [6.07, 6.45) is -0.175. The highest BCUT2D eigenvalue weighted by molar-refractivity contribution is 6.00. The highest BCUT2D eigenvalue weighted by atomic mass is 16.2. The van der Waals surface area contributed by atoms with Crippen molar-refractivity contribution in [2.24, 2.45) is 5.41 Å². The number of carbonyl (C=O) groups is 4. The normalized spacial score (nSPS) is 11.2. The van der Waals surface area contributed by atoms with Gasteiger partial charge >= 0.3 is 0 Å². The van der Waals surface area contributed by atoms with Crippen LogP contribution in [0.2, 0.25) is 0 Å². The van der Waals surface area contributed by atoms with E-state index < -0.39 is 17.2 Å². The van der Waals surface area contributed by atoms with Crippen molar-refractivity contribution < 1.29 is 19.2 Å². The fraction of sp³-hybridized carbons (Fsp3) is 0.733. The molecule has 0 aliphatic rings. The average Bonchev–Trinajstić information content (AvgIpc) is 2.31. The van der Waals surface area contributed by atoms with Gasteiger partial charge in [0.1, 0.15) is 0 Å². The number of nitrogens with zero attached hydrogens (tertiary/aromatic N) is 2. The van der Waals surface area contributed by atoms with Crippen LogP contribution in [-0.4, -0.2) is 46.5 Å². The predicted octanol–water partition coefficient (Wildman–Crippen LogP) is 1.58. The van der Waals surface area contributed by atoms with Crippen molar-refractivity contribution in [3.05, 3.63) is 0 Å².